The van der Waals surface area contributed by atoms with Gasteiger partial charge in [-0.3, -0.25) is 4.90 Å². The van der Waals surface area contributed by atoms with Crippen molar-refractivity contribution in [2.75, 3.05) is 4.90 Å². The van der Waals surface area contributed by atoms with E-state index in [4.69, 9.17) is 9.97 Å². The Morgan fingerprint density at radius 1 is 0.466 bits per heavy atom. The summed E-state index contributed by atoms with van der Waals surface area (Å²) in [5.41, 5.74) is 15.3. The average Bonchev–Trinajstić information content (AvgIpc) is 3.63. The minimum absolute atomic E-state index is 0.0239. The number of nitrogens with zero attached hydrogens (tertiary/aromatic N) is 3. The largest absolute Gasteiger partial charge is 0.354 e. The van der Waals surface area contributed by atoms with Gasteiger partial charge in [0, 0.05) is 44.9 Å². The fourth-order valence-electron chi connectivity index (χ4n) is 7.95. The van der Waals surface area contributed by atoms with Crippen LogP contribution >= 0.6 is 0 Å². The SMILES string of the molecule is CC(C)(C)c1cc(-c2cc(-c3cccc(N(c4ccccn4)c4ccccc4-c4ccccc4)c3)nc(-c3cccc4c3[nH]c3ccccc34)c2)cc(C(C)(C)C)c1. The molecule has 0 spiro atoms. The van der Waals surface area contributed by atoms with Gasteiger partial charge in [-0.1, -0.05) is 163 Å². The van der Waals surface area contributed by atoms with Gasteiger partial charge in [0.05, 0.1) is 22.6 Å². The van der Waals surface area contributed by atoms with Crippen molar-refractivity contribution in [3.63, 3.8) is 0 Å². The summed E-state index contributed by atoms with van der Waals surface area (Å²) in [6.45, 7) is 13.8. The summed E-state index contributed by atoms with van der Waals surface area (Å²) >= 11 is 0. The van der Waals surface area contributed by atoms with Crippen LogP contribution in [0.5, 0.6) is 0 Å². The summed E-state index contributed by atoms with van der Waals surface area (Å²) < 4.78 is 0. The molecule has 4 heteroatoms. The molecule has 0 saturated heterocycles. The number of aromatic amines is 1. The number of para-hydroxylation sites is 3. The van der Waals surface area contributed by atoms with Gasteiger partial charge < -0.3 is 4.98 Å². The quantitative estimate of drug-likeness (QED) is 0.176. The number of H-pyrrole nitrogens is 1. The molecule has 58 heavy (non-hydrogen) atoms. The monoisotopic (exact) mass is 752 g/mol. The summed E-state index contributed by atoms with van der Waals surface area (Å²) in [6, 6.07) is 60.7. The Morgan fingerprint density at radius 3 is 1.84 bits per heavy atom. The Bertz CT molecular complexity index is 2880. The number of anilines is 3. The van der Waals surface area contributed by atoms with E-state index < -0.39 is 0 Å². The van der Waals surface area contributed by atoms with Gasteiger partial charge in [-0.2, -0.15) is 0 Å². The predicted octanol–water partition coefficient (Wildman–Crippen LogP) is 14.8. The van der Waals surface area contributed by atoms with Gasteiger partial charge in [-0.15, -0.1) is 0 Å². The molecular weight excluding hydrogens is 705 g/mol. The van der Waals surface area contributed by atoms with Gasteiger partial charge in [-0.05, 0) is 87.2 Å². The molecule has 0 saturated carbocycles. The molecule has 3 aromatic heterocycles. The first-order chi connectivity index (χ1) is 28.0. The zero-order valence-electron chi connectivity index (χ0n) is 34.1. The van der Waals surface area contributed by atoms with E-state index in [0.29, 0.717) is 0 Å². The third-order valence-corrected chi connectivity index (χ3v) is 11.1. The van der Waals surface area contributed by atoms with Crippen LogP contribution in [0.3, 0.4) is 0 Å². The van der Waals surface area contributed by atoms with E-state index in [-0.39, 0.29) is 10.8 Å². The number of pyridine rings is 2. The highest BCUT2D eigenvalue weighted by Gasteiger charge is 2.23. The first kappa shape index (κ1) is 36.8. The van der Waals surface area contributed by atoms with Crippen LogP contribution in [0, 0.1) is 0 Å². The standard InChI is InChI=1S/C54H48N4/c1-53(2,3)40-30-38(31-41(35-40)54(4,5)6)39-33-48(56-49(34-39)46-25-17-24-45-44-23-10-12-26-47(44)57-52(45)46)37-20-16-21-42(32-37)58(51-28-14-15-29-55-51)50-27-13-11-22-43(50)36-18-8-7-9-19-36/h7-35,57H,1-6H3. The maximum Gasteiger partial charge on any atom is 0.137 e. The molecule has 6 aromatic carbocycles. The van der Waals surface area contributed by atoms with Crippen LogP contribution in [0.25, 0.3) is 66.6 Å². The normalized spacial score (nSPS) is 12.0. The van der Waals surface area contributed by atoms with E-state index in [1.54, 1.807) is 0 Å². The van der Waals surface area contributed by atoms with Crippen LogP contribution in [0.4, 0.5) is 17.2 Å². The summed E-state index contributed by atoms with van der Waals surface area (Å²) in [7, 11) is 0. The molecule has 0 aliphatic rings. The Morgan fingerprint density at radius 2 is 1.09 bits per heavy atom. The van der Waals surface area contributed by atoms with Crippen LogP contribution in [-0.4, -0.2) is 15.0 Å². The highest BCUT2D eigenvalue weighted by atomic mass is 15.2. The summed E-state index contributed by atoms with van der Waals surface area (Å²) in [6.07, 6.45) is 1.86. The lowest BCUT2D eigenvalue weighted by Crippen LogP contribution is -2.16. The highest BCUT2D eigenvalue weighted by molar-refractivity contribution is 6.11. The summed E-state index contributed by atoms with van der Waals surface area (Å²) in [5.74, 6) is 0.838. The molecule has 0 amide bonds. The average molecular weight is 753 g/mol. The molecule has 0 bridgehead atoms. The van der Waals surface area contributed by atoms with Crippen molar-refractivity contribution in [2.24, 2.45) is 0 Å². The van der Waals surface area contributed by atoms with Gasteiger partial charge >= 0.3 is 0 Å². The molecule has 9 aromatic rings. The number of hydrogen-bond donors (Lipinski definition) is 1. The van der Waals surface area contributed by atoms with Gasteiger partial charge in [0.2, 0.25) is 0 Å². The Kier molecular flexibility index (Phi) is 9.29. The van der Waals surface area contributed by atoms with Gasteiger partial charge in [0.25, 0.3) is 0 Å². The topological polar surface area (TPSA) is 44.8 Å². The minimum Gasteiger partial charge on any atom is -0.354 e. The van der Waals surface area contributed by atoms with Crippen molar-refractivity contribution in [2.45, 2.75) is 52.4 Å². The summed E-state index contributed by atoms with van der Waals surface area (Å²) in [5, 5.41) is 2.40. The molecule has 0 fully saturated rings. The molecule has 9 rings (SSSR count). The number of aromatic nitrogens is 3. The second kappa shape index (κ2) is 14.6. The molecule has 0 unspecified atom stereocenters. The lowest BCUT2D eigenvalue weighted by molar-refractivity contribution is 0.569. The molecule has 0 radical (unpaired) electrons. The van der Waals surface area contributed by atoms with E-state index in [9.17, 15) is 0 Å². The van der Waals surface area contributed by atoms with Crippen LogP contribution in [0.1, 0.15) is 52.7 Å². The number of fused-ring (bicyclic) bond motifs is 3. The third kappa shape index (κ3) is 7.07. The lowest BCUT2D eigenvalue weighted by Gasteiger charge is -2.27. The van der Waals surface area contributed by atoms with E-state index in [1.165, 1.54) is 27.5 Å². The highest BCUT2D eigenvalue weighted by Crippen LogP contribution is 2.43. The molecular formula is C54H48N4. The van der Waals surface area contributed by atoms with Gasteiger partial charge in [-0.25, -0.2) is 9.97 Å². The summed E-state index contributed by atoms with van der Waals surface area (Å²) in [4.78, 5) is 16.4. The second-order valence-electron chi connectivity index (χ2n) is 17.3. The molecule has 3 heterocycles. The van der Waals surface area contributed by atoms with Crippen LogP contribution in [-0.2, 0) is 10.8 Å². The molecule has 4 nitrogen and oxygen atoms in total. The number of benzene rings is 6. The molecule has 0 aliphatic heterocycles. The maximum absolute atomic E-state index is 5.52. The van der Waals surface area contributed by atoms with Crippen LogP contribution in [0.2, 0.25) is 0 Å². The fourth-order valence-corrected chi connectivity index (χ4v) is 7.95. The van der Waals surface area contributed by atoms with Gasteiger partial charge in [0.15, 0.2) is 0 Å². The fraction of sp³-hybridized carbons (Fsp3) is 0.148. The molecule has 284 valence electrons. The number of nitrogens with one attached hydrogen (secondary N) is 1. The van der Waals surface area contributed by atoms with E-state index in [1.807, 2.05) is 18.3 Å². The molecule has 0 atom stereocenters. The first-order valence-corrected chi connectivity index (χ1v) is 20.2. The van der Waals surface area contributed by atoms with Crippen molar-refractivity contribution in [1.82, 2.24) is 15.0 Å². The van der Waals surface area contributed by atoms with Crippen molar-refractivity contribution in [1.29, 1.82) is 0 Å². The smallest absolute Gasteiger partial charge is 0.137 e. The maximum atomic E-state index is 5.52. The van der Waals surface area contributed by atoms with E-state index in [2.05, 4.69) is 209 Å². The number of hydrogen-bond acceptors (Lipinski definition) is 3. The Hall–Kier alpha value is -6.78. The molecule has 0 aliphatic carbocycles. The zero-order valence-corrected chi connectivity index (χ0v) is 34.1. The Balaban J connectivity index is 1.27. The third-order valence-electron chi connectivity index (χ3n) is 11.1. The predicted molar refractivity (Wildman–Crippen MR) is 245 cm³/mol. The first-order valence-electron chi connectivity index (χ1n) is 20.2. The van der Waals surface area contributed by atoms with Gasteiger partial charge in [0.1, 0.15) is 5.82 Å². The van der Waals surface area contributed by atoms with E-state index in [0.717, 1.165) is 67.4 Å². The van der Waals surface area contributed by atoms with Crippen molar-refractivity contribution >= 4 is 39.0 Å². The van der Waals surface area contributed by atoms with Crippen molar-refractivity contribution < 1.29 is 0 Å². The second-order valence-corrected chi connectivity index (χ2v) is 17.3. The van der Waals surface area contributed by atoms with Crippen LogP contribution in [0.15, 0.2) is 176 Å². The minimum atomic E-state index is -0.0239. The lowest BCUT2D eigenvalue weighted by atomic mass is 9.79. The van der Waals surface area contributed by atoms with E-state index >= 15 is 0 Å². The van der Waals surface area contributed by atoms with Crippen molar-refractivity contribution in [3.05, 3.63) is 187 Å². The van der Waals surface area contributed by atoms with Crippen LogP contribution < -0.4 is 4.90 Å². The Labute approximate surface area is 341 Å². The zero-order chi connectivity index (χ0) is 40.0. The number of rotatable bonds is 7. The molecule has 1 N–H and O–H groups in total. The van der Waals surface area contributed by atoms with Crippen molar-refractivity contribution in [3.8, 4) is 44.8 Å².